The van der Waals surface area contributed by atoms with Gasteiger partial charge in [0.1, 0.15) is 11.7 Å². The number of carbonyl (C=O) groups excluding carboxylic acids is 2. The van der Waals surface area contributed by atoms with Gasteiger partial charge < -0.3 is 4.74 Å². The summed E-state index contributed by atoms with van der Waals surface area (Å²) in [6.45, 7) is 2.06. The molecule has 2 aromatic carbocycles. The predicted octanol–water partition coefficient (Wildman–Crippen LogP) is 5.94. The van der Waals surface area contributed by atoms with Gasteiger partial charge in [-0.2, -0.15) is 0 Å². The van der Waals surface area contributed by atoms with Gasteiger partial charge in [0.05, 0.1) is 5.60 Å². The van der Waals surface area contributed by atoms with E-state index >= 15 is 0 Å². The van der Waals surface area contributed by atoms with Crippen molar-refractivity contribution in [2.45, 2.75) is 50.5 Å². The Morgan fingerprint density at radius 3 is 2.43 bits per heavy atom. The number of ether oxygens (including phenoxy) is 1. The van der Waals surface area contributed by atoms with Crippen LogP contribution in [0.3, 0.4) is 0 Å². The predicted molar refractivity (Wildman–Crippen MR) is 120 cm³/mol. The summed E-state index contributed by atoms with van der Waals surface area (Å²) in [6.07, 6.45) is 7.15. The van der Waals surface area contributed by atoms with Crippen LogP contribution in [0.5, 0.6) is 0 Å². The molecule has 2 aromatic rings. The number of aryl methyl sites for hydroxylation is 1. The lowest BCUT2D eigenvalue weighted by Crippen LogP contribution is -2.35. The zero-order valence-corrected chi connectivity index (χ0v) is 18.2. The van der Waals surface area contributed by atoms with Crippen molar-refractivity contribution >= 4 is 23.2 Å². The van der Waals surface area contributed by atoms with Gasteiger partial charge in [0.2, 0.25) is 0 Å². The Balaban J connectivity index is 1.78. The second-order valence-electron chi connectivity index (χ2n) is 8.45. The molecule has 1 saturated carbocycles. The first-order chi connectivity index (χ1) is 14.4. The molecule has 0 heterocycles. The van der Waals surface area contributed by atoms with Crippen molar-refractivity contribution in [2.24, 2.45) is 5.92 Å². The molecule has 5 rings (SSSR count). The minimum absolute atomic E-state index is 0.0198. The van der Waals surface area contributed by atoms with Crippen molar-refractivity contribution in [1.29, 1.82) is 0 Å². The third-order valence-electron chi connectivity index (χ3n) is 6.61. The Morgan fingerprint density at radius 2 is 1.80 bits per heavy atom. The molecular formula is C26H27ClO3. The number of halogens is 1. The molecule has 3 unspecified atom stereocenters. The number of hydrogen-bond donors (Lipinski definition) is 0. The molecule has 0 aromatic heterocycles. The first-order valence-corrected chi connectivity index (χ1v) is 11.0. The van der Waals surface area contributed by atoms with Crippen LogP contribution in [-0.2, 0) is 20.7 Å². The van der Waals surface area contributed by atoms with Crippen molar-refractivity contribution in [3.8, 4) is 11.1 Å². The number of Topliss-reactive ketones (excluding diaryl/α,β-unsaturated/α-hetero) is 2. The topological polar surface area (TPSA) is 43.4 Å². The Bertz CT molecular complexity index is 992. The Hall–Kier alpha value is -2.23. The van der Waals surface area contributed by atoms with Gasteiger partial charge in [0.25, 0.3) is 0 Å². The number of carbonyl (C=O) groups is 2. The maximum atomic E-state index is 13.5. The molecule has 3 atom stereocenters. The fourth-order valence-electron chi connectivity index (χ4n) is 4.79. The van der Waals surface area contributed by atoms with Crippen molar-refractivity contribution in [3.63, 3.8) is 0 Å². The van der Waals surface area contributed by atoms with Crippen LogP contribution >= 0.6 is 11.6 Å². The molecule has 0 radical (unpaired) electrons. The molecule has 0 saturated heterocycles. The summed E-state index contributed by atoms with van der Waals surface area (Å²) in [5, 5.41) is 0.679. The second-order valence-corrected chi connectivity index (χ2v) is 8.88. The molecule has 4 heteroatoms. The largest absolute Gasteiger partial charge is 0.374 e. The zero-order chi connectivity index (χ0) is 21.3. The monoisotopic (exact) mass is 422 g/mol. The van der Waals surface area contributed by atoms with E-state index in [1.807, 2.05) is 42.5 Å². The molecule has 0 spiro atoms. The molecular weight excluding hydrogens is 396 g/mol. The molecule has 30 heavy (non-hydrogen) atoms. The third kappa shape index (κ3) is 4.01. The average Bonchev–Trinajstić information content (AvgIpc) is 2.83. The fraction of sp³-hybridized carbons (Fsp3) is 0.385. The fourth-order valence-corrected chi connectivity index (χ4v) is 4.91. The quantitative estimate of drug-likeness (QED) is 0.452. The van der Waals surface area contributed by atoms with Gasteiger partial charge in [0.15, 0.2) is 5.78 Å². The highest BCUT2D eigenvalue weighted by molar-refractivity contribution is 6.30. The Labute approximate surface area is 183 Å². The van der Waals surface area contributed by atoms with Crippen LogP contribution in [0, 0.1) is 5.92 Å². The van der Waals surface area contributed by atoms with Crippen LogP contribution in [0.15, 0.2) is 54.6 Å². The van der Waals surface area contributed by atoms with Crippen molar-refractivity contribution in [2.75, 3.05) is 7.11 Å². The highest BCUT2D eigenvalue weighted by Crippen LogP contribution is 2.40. The van der Waals surface area contributed by atoms with Gasteiger partial charge >= 0.3 is 0 Å². The average molecular weight is 423 g/mol. The number of methoxy groups -OCH3 is 1. The lowest BCUT2D eigenvalue weighted by atomic mass is 9.80. The maximum Gasteiger partial charge on any atom is 0.150 e. The number of ketones is 2. The maximum absolute atomic E-state index is 13.5. The van der Waals surface area contributed by atoms with Crippen LogP contribution in [0.4, 0.5) is 0 Å². The summed E-state index contributed by atoms with van der Waals surface area (Å²) < 4.78 is 5.78. The number of rotatable bonds is 4. The smallest absolute Gasteiger partial charge is 0.150 e. The van der Waals surface area contributed by atoms with Crippen molar-refractivity contribution in [3.05, 3.63) is 70.8 Å². The number of hydrogen-bond acceptors (Lipinski definition) is 3. The number of fused-ring (bicyclic) bond motifs is 5. The lowest BCUT2D eigenvalue weighted by molar-refractivity contribution is -0.131. The summed E-state index contributed by atoms with van der Waals surface area (Å²) in [4.78, 5) is 26.8. The van der Waals surface area contributed by atoms with Crippen molar-refractivity contribution in [1.82, 2.24) is 0 Å². The first kappa shape index (κ1) is 21.0. The molecule has 3 aliphatic rings. The van der Waals surface area contributed by atoms with E-state index in [-0.39, 0.29) is 23.9 Å². The second kappa shape index (κ2) is 8.49. The van der Waals surface area contributed by atoms with E-state index < -0.39 is 11.5 Å². The Morgan fingerprint density at radius 1 is 1.07 bits per heavy atom. The van der Waals surface area contributed by atoms with E-state index in [0.717, 1.165) is 41.5 Å². The summed E-state index contributed by atoms with van der Waals surface area (Å²) >= 11 is 6.04. The lowest BCUT2D eigenvalue weighted by Gasteiger charge is -2.33. The molecule has 0 aliphatic heterocycles. The zero-order valence-electron chi connectivity index (χ0n) is 17.5. The van der Waals surface area contributed by atoms with Crippen LogP contribution in [0.2, 0.25) is 5.02 Å². The van der Waals surface area contributed by atoms with E-state index in [2.05, 4.69) is 19.1 Å². The minimum Gasteiger partial charge on any atom is -0.374 e. The molecule has 3 nitrogen and oxygen atoms in total. The highest BCUT2D eigenvalue weighted by atomic mass is 35.5. The van der Waals surface area contributed by atoms with Gasteiger partial charge in [-0.3, -0.25) is 9.59 Å². The summed E-state index contributed by atoms with van der Waals surface area (Å²) in [5.74, 6) is -0.579. The van der Waals surface area contributed by atoms with E-state index in [0.29, 0.717) is 11.4 Å². The minimum atomic E-state index is -0.734. The highest BCUT2D eigenvalue weighted by Gasteiger charge is 2.41. The normalized spacial score (nSPS) is 26.4. The molecule has 1 fully saturated rings. The molecule has 2 bridgehead atoms. The van der Waals surface area contributed by atoms with E-state index in [4.69, 9.17) is 16.3 Å². The SMILES string of the molecule is CCc1ccc(-c2ccc(Cl)cc2)cc1C1C(=O)CC2C=CC(OC)(CC2)CC1=O. The molecule has 3 aliphatic carbocycles. The van der Waals surface area contributed by atoms with Gasteiger partial charge in [-0.1, -0.05) is 54.9 Å². The van der Waals surface area contributed by atoms with E-state index in [1.54, 1.807) is 7.11 Å². The molecule has 0 N–H and O–H groups in total. The van der Waals surface area contributed by atoms with Gasteiger partial charge in [-0.25, -0.2) is 0 Å². The van der Waals surface area contributed by atoms with Crippen LogP contribution < -0.4 is 0 Å². The van der Waals surface area contributed by atoms with Gasteiger partial charge in [-0.15, -0.1) is 0 Å². The Kier molecular flexibility index (Phi) is 5.95. The van der Waals surface area contributed by atoms with E-state index in [1.165, 1.54) is 0 Å². The molecule has 0 amide bonds. The van der Waals surface area contributed by atoms with Gasteiger partial charge in [-0.05, 0) is 65.6 Å². The summed E-state index contributed by atoms with van der Waals surface area (Å²) in [7, 11) is 1.66. The van der Waals surface area contributed by atoms with Crippen LogP contribution in [0.1, 0.15) is 49.7 Å². The number of benzene rings is 2. The van der Waals surface area contributed by atoms with Crippen LogP contribution in [-0.4, -0.2) is 24.3 Å². The van der Waals surface area contributed by atoms with Crippen LogP contribution in [0.25, 0.3) is 11.1 Å². The number of allylic oxidation sites excluding steroid dienone is 1. The van der Waals surface area contributed by atoms with E-state index in [9.17, 15) is 9.59 Å². The van der Waals surface area contributed by atoms with Gasteiger partial charge in [0, 0.05) is 25.0 Å². The van der Waals surface area contributed by atoms with Crippen molar-refractivity contribution < 1.29 is 14.3 Å². The summed E-state index contributed by atoms with van der Waals surface area (Å²) in [6, 6.07) is 13.8. The standard InChI is InChI=1S/C26H27ClO3/c1-3-18-4-5-20(19-6-8-21(27)9-7-19)15-22(18)25-23(28)14-17-10-12-26(30-2,13-11-17)16-24(25)29/h4-10,12,15,17,25H,3,11,13-14,16H2,1-2H3. The first-order valence-electron chi connectivity index (χ1n) is 10.6. The summed E-state index contributed by atoms with van der Waals surface area (Å²) in [5.41, 5.74) is 3.30. The molecule has 156 valence electrons. The third-order valence-corrected chi connectivity index (χ3v) is 6.87.